The van der Waals surface area contributed by atoms with Crippen LogP contribution >= 0.6 is 0 Å². The largest absolute Gasteiger partial charge is 0.394 e. The average Bonchev–Trinajstić information content (AvgIpc) is 2.71. The third kappa shape index (κ3) is 4.47. The molecule has 0 aromatic carbocycles. The van der Waals surface area contributed by atoms with Crippen LogP contribution in [0.25, 0.3) is 0 Å². The second-order valence-electron chi connectivity index (χ2n) is 4.36. The molecule has 0 aromatic heterocycles. The van der Waals surface area contributed by atoms with E-state index < -0.39 is 0 Å². The molecule has 1 heterocycles. The highest BCUT2D eigenvalue weighted by atomic mass is 16.5. The van der Waals surface area contributed by atoms with Gasteiger partial charge in [0.1, 0.15) is 0 Å². The molecule has 1 rings (SSSR count). The molecule has 0 bridgehead atoms. The molecule has 4 heteroatoms. The van der Waals surface area contributed by atoms with E-state index in [9.17, 15) is 5.11 Å². The van der Waals surface area contributed by atoms with Gasteiger partial charge in [-0.2, -0.15) is 0 Å². The highest BCUT2D eigenvalue weighted by Crippen LogP contribution is 2.12. The summed E-state index contributed by atoms with van der Waals surface area (Å²) in [5, 5.41) is 12.5. The third-order valence-electron chi connectivity index (χ3n) is 2.85. The van der Waals surface area contributed by atoms with E-state index in [1.165, 1.54) is 0 Å². The fourth-order valence-electron chi connectivity index (χ4n) is 1.75. The molecular weight excluding hydrogens is 194 g/mol. The molecule has 90 valence electrons. The summed E-state index contributed by atoms with van der Waals surface area (Å²) in [5.74, 6) is 0. The van der Waals surface area contributed by atoms with Gasteiger partial charge >= 0.3 is 0 Å². The van der Waals surface area contributed by atoms with Gasteiger partial charge in [-0.25, -0.2) is 0 Å². The molecule has 1 aliphatic heterocycles. The second kappa shape index (κ2) is 6.43. The number of rotatable bonds is 7. The summed E-state index contributed by atoms with van der Waals surface area (Å²) < 4.78 is 10.9. The van der Waals surface area contributed by atoms with E-state index in [1.54, 1.807) is 0 Å². The number of nitrogens with one attached hydrogen (secondary N) is 1. The Kier molecular flexibility index (Phi) is 5.53. The molecule has 2 unspecified atom stereocenters. The first kappa shape index (κ1) is 12.9. The highest BCUT2D eigenvalue weighted by molar-refractivity contribution is 4.81. The van der Waals surface area contributed by atoms with E-state index in [4.69, 9.17) is 9.47 Å². The van der Waals surface area contributed by atoms with Crippen molar-refractivity contribution in [3.63, 3.8) is 0 Å². The first-order valence-electron chi connectivity index (χ1n) is 5.75. The minimum atomic E-state index is -0.214. The van der Waals surface area contributed by atoms with Crippen molar-refractivity contribution in [3.8, 4) is 0 Å². The molecule has 1 fully saturated rings. The van der Waals surface area contributed by atoms with Gasteiger partial charge in [-0.05, 0) is 26.3 Å². The van der Waals surface area contributed by atoms with Gasteiger partial charge in [-0.1, -0.05) is 6.92 Å². The van der Waals surface area contributed by atoms with Crippen LogP contribution in [0.15, 0.2) is 0 Å². The third-order valence-corrected chi connectivity index (χ3v) is 2.85. The number of ether oxygens (including phenoxy) is 2. The zero-order valence-electron chi connectivity index (χ0n) is 9.79. The predicted molar refractivity (Wildman–Crippen MR) is 59.0 cm³/mol. The van der Waals surface area contributed by atoms with Gasteiger partial charge < -0.3 is 19.9 Å². The molecule has 4 nitrogen and oxygen atoms in total. The summed E-state index contributed by atoms with van der Waals surface area (Å²) in [6.45, 7) is 7.28. The van der Waals surface area contributed by atoms with Crippen molar-refractivity contribution in [3.05, 3.63) is 0 Å². The van der Waals surface area contributed by atoms with Gasteiger partial charge in [0.05, 0.1) is 19.3 Å². The van der Waals surface area contributed by atoms with Gasteiger partial charge in [-0.3, -0.25) is 0 Å². The van der Waals surface area contributed by atoms with Crippen molar-refractivity contribution in [2.24, 2.45) is 0 Å². The second-order valence-corrected chi connectivity index (χ2v) is 4.36. The fraction of sp³-hybridized carbons (Fsp3) is 1.00. The minimum Gasteiger partial charge on any atom is -0.394 e. The maximum absolute atomic E-state index is 9.27. The number of aliphatic hydroxyl groups is 1. The van der Waals surface area contributed by atoms with Crippen LogP contribution in [0.1, 0.15) is 26.7 Å². The van der Waals surface area contributed by atoms with Gasteiger partial charge in [0.2, 0.25) is 0 Å². The Hall–Kier alpha value is -0.160. The van der Waals surface area contributed by atoms with Crippen molar-refractivity contribution >= 4 is 0 Å². The highest BCUT2D eigenvalue weighted by Gasteiger charge is 2.23. The molecule has 0 aromatic rings. The Bertz CT molecular complexity index is 171. The van der Waals surface area contributed by atoms with Crippen LogP contribution in [-0.4, -0.2) is 49.7 Å². The van der Waals surface area contributed by atoms with Crippen LogP contribution in [0.5, 0.6) is 0 Å². The van der Waals surface area contributed by atoms with Crippen molar-refractivity contribution in [2.45, 2.75) is 38.3 Å². The normalized spacial score (nSPS) is 25.4. The molecular formula is C11H23NO3. The zero-order valence-corrected chi connectivity index (χ0v) is 9.79. The Balaban J connectivity index is 2.15. The summed E-state index contributed by atoms with van der Waals surface area (Å²) in [7, 11) is 0. The molecule has 2 atom stereocenters. The number of hydrogen-bond donors (Lipinski definition) is 2. The monoisotopic (exact) mass is 217 g/mol. The van der Waals surface area contributed by atoms with Crippen LogP contribution in [0.4, 0.5) is 0 Å². The Morgan fingerprint density at radius 2 is 2.40 bits per heavy atom. The van der Waals surface area contributed by atoms with E-state index in [2.05, 4.69) is 5.32 Å². The number of hydrogen-bond acceptors (Lipinski definition) is 4. The van der Waals surface area contributed by atoms with Crippen molar-refractivity contribution < 1.29 is 14.6 Å². The van der Waals surface area contributed by atoms with E-state index in [1.807, 2.05) is 13.8 Å². The smallest absolute Gasteiger partial charge is 0.0830 e. The summed E-state index contributed by atoms with van der Waals surface area (Å²) >= 11 is 0. The van der Waals surface area contributed by atoms with Crippen molar-refractivity contribution in [1.29, 1.82) is 0 Å². The van der Waals surface area contributed by atoms with Gasteiger partial charge in [0.15, 0.2) is 0 Å². The lowest BCUT2D eigenvalue weighted by Crippen LogP contribution is -2.46. The Morgan fingerprint density at radius 3 is 2.93 bits per heavy atom. The zero-order chi connectivity index (χ0) is 11.1. The van der Waals surface area contributed by atoms with E-state index in [-0.39, 0.29) is 18.2 Å². The van der Waals surface area contributed by atoms with Crippen LogP contribution in [0, 0.1) is 0 Å². The van der Waals surface area contributed by atoms with Gasteiger partial charge in [-0.15, -0.1) is 0 Å². The number of likely N-dealkylation sites (N-methyl/N-ethyl adjacent to an activating group) is 1. The maximum atomic E-state index is 9.27. The van der Waals surface area contributed by atoms with Gasteiger partial charge in [0, 0.05) is 18.8 Å². The standard InChI is InChI=1S/C11H23NO3/c1-3-12-11(2,9-13)5-7-15-10-4-6-14-8-10/h10,12-13H,3-9H2,1-2H3. The van der Waals surface area contributed by atoms with Crippen molar-refractivity contribution in [2.75, 3.05) is 33.0 Å². The molecule has 0 spiro atoms. The number of aliphatic hydroxyl groups excluding tert-OH is 1. The Labute approximate surface area is 92.0 Å². The lowest BCUT2D eigenvalue weighted by molar-refractivity contribution is 0.0245. The average molecular weight is 217 g/mol. The quantitative estimate of drug-likeness (QED) is 0.653. The molecule has 1 aliphatic rings. The summed E-state index contributed by atoms with van der Waals surface area (Å²) in [6, 6.07) is 0. The molecule has 15 heavy (non-hydrogen) atoms. The van der Waals surface area contributed by atoms with E-state index >= 15 is 0 Å². The topological polar surface area (TPSA) is 50.7 Å². The van der Waals surface area contributed by atoms with Crippen LogP contribution in [0.2, 0.25) is 0 Å². The lowest BCUT2D eigenvalue weighted by atomic mass is 10.00. The first-order valence-corrected chi connectivity index (χ1v) is 5.75. The Morgan fingerprint density at radius 1 is 1.60 bits per heavy atom. The van der Waals surface area contributed by atoms with Crippen molar-refractivity contribution in [1.82, 2.24) is 5.32 Å². The molecule has 2 N–H and O–H groups in total. The lowest BCUT2D eigenvalue weighted by Gasteiger charge is -2.28. The predicted octanol–water partition coefficient (Wildman–Crippen LogP) is 0.542. The SMILES string of the molecule is CCNC(C)(CO)CCOC1CCOC1. The minimum absolute atomic E-state index is 0.144. The molecule has 0 aliphatic carbocycles. The maximum Gasteiger partial charge on any atom is 0.0830 e. The first-order chi connectivity index (χ1) is 7.20. The van der Waals surface area contributed by atoms with Crippen LogP contribution in [-0.2, 0) is 9.47 Å². The van der Waals surface area contributed by atoms with Gasteiger partial charge in [0.25, 0.3) is 0 Å². The summed E-state index contributed by atoms with van der Waals surface area (Å²) in [6.07, 6.45) is 2.08. The molecule has 0 amide bonds. The van der Waals surface area contributed by atoms with Crippen LogP contribution < -0.4 is 5.32 Å². The molecule has 1 saturated heterocycles. The fourth-order valence-corrected chi connectivity index (χ4v) is 1.75. The summed E-state index contributed by atoms with van der Waals surface area (Å²) in [5.41, 5.74) is -0.214. The summed E-state index contributed by atoms with van der Waals surface area (Å²) in [4.78, 5) is 0. The van der Waals surface area contributed by atoms with E-state index in [0.717, 1.165) is 32.6 Å². The molecule has 0 radical (unpaired) electrons. The van der Waals surface area contributed by atoms with E-state index in [0.29, 0.717) is 6.61 Å². The molecule has 0 saturated carbocycles. The van der Waals surface area contributed by atoms with Crippen LogP contribution in [0.3, 0.4) is 0 Å².